The molecule has 0 bridgehead atoms. The lowest BCUT2D eigenvalue weighted by atomic mass is 9.88. The van der Waals surface area contributed by atoms with Crippen LogP contribution in [0, 0.1) is 17.8 Å². The van der Waals surface area contributed by atoms with E-state index in [1.165, 1.54) is 0 Å². The quantitative estimate of drug-likeness (QED) is 0.463. The Hall–Kier alpha value is -2.65. The van der Waals surface area contributed by atoms with Crippen LogP contribution in [0.5, 0.6) is 5.75 Å². The van der Waals surface area contributed by atoms with Gasteiger partial charge in [0.05, 0.1) is 17.5 Å². The molecule has 2 heterocycles. The Balaban J connectivity index is 1.71. The van der Waals surface area contributed by atoms with Crippen LogP contribution in [0.15, 0.2) is 18.2 Å². The lowest BCUT2D eigenvalue weighted by Gasteiger charge is -2.34. The normalized spacial score (nSPS) is 19.8. The smallest absolute Gasteiger partial charge is 0.265 e. The molecule has 1 aromatic carbocycles. The summed E-state index contributed by atoms with van der Waals surface area (Å²) in [7, 11) is 1.64. The van der Waals surface area contributed by atoms with Gasteiger partial charge < -0.3 is 29.9 Å². The highest BCUT2D eigenvalue weighted by molar-refractivity contribution is 6.00. The zero-order valence-electron chi connectivity index (χ0n) is 21.5. The summed E-state index contributed by atoms with van der Waals surface area (Å²) in [6.45, 7) is 9.53. The number of nitrogens with zero attached hydrogens (tertiary/aromatic N) is 2. The van der Waals surface area contributed by atoms with Gasteiger partial charge in [-0.3, -0.25) is 14.4 Å². The summed E-state index contributed by atoms with van der Waals surface area (Å²) >= 11 is 0. The van der Waals surface area contributed by atoms with Gasteiger partial charge in [0, 0.05) is 52.1 Å². The Kier molecular flexibility index (Phi) is 9.92. The van der Waals surface area contributed by atoms with Crippen LogP contribution in [0.3, 0.4) is 0 Å². The molecule has 0 saturated carbocycles. The minimum Gasteiger partial charge on any atom is -0.482 e. The Morgan fingerprint density at radius 3 is 2.77 bits per heavy atom. The molecule has 35 heavy (non-hydrogen) atoms. The van der Waals surface area contributed by atoms with Crippen LogP contribution >= 0.6 is 0 Å². The zero-order chi connectivity index (χ0) is 25.4. The van der Waals surface area contributed by atoms with Gasteiger partial charge >= 0.3 is 0 Å². The minimum absolute atomic E-state index is 0.00408. The van der Waals surface area contributed by atoms with Crippen molar-refractivity contribution in [3.63, 3.8) is 0 Å². The van der Waals surface area contributed by atoms with Crippen molar-refractivity contribution < 1.29 is 23.9 Å². The minimum atomic E-state index is -0.295. The molecule has 9 nitrogen and oxygen atoms in total. The van der Waals surface area contributed by atoms with E-state index in [2.05, 4.69) is 24.5 Å². The van der Waals surface area contributed by atoms with Crippen LogP contribution in [0.1, 0.15) is 40.0 Å². The highest BCUT2D eigenvalue weighted by Gasteiger charge is 2.34. The summed E-state index contributed by atoms with van der Waals surface area (Å²) in [4.78, 5) is 42.2. The fourth-order valence-corrected chi connectivity index (χ4v) is 4.61. The number of benzene rings is 1. The van der Waals surface area contributed by atoms with Gasteiger partial charge in [0.1, 0.15) is 5.75 Å². The van der Waals surface area contributed by atoms with E-state index in [0.29, 0.717) is 69.5 Å². The number of hydrogen-bond donors (Lipinski definition) is 2. The summed E-state index contributed by atoms with van der Waals surface area (Å²) in [6, 6.07) is 5.53. The van der Waals surface area contributed by atoms with Crippen molar-refractivity contribution in [2.24, 2.45) is 17.8 Å². The second-order valence-electron chi connectivity index (χ2n) is 9.68. The third-order valence-corrected chi connectivity index (χ3v) is 6.60. The van der Waals surface area contributed by atoms with Gasteiger partial charge in [-0.2, -0.15) is 0 Å². The number of carbonyl (C=O) groups excluding carboxylic acids is 3. The lowest BCUT2D eigenvalue weighted by molar-refractivity contribution is -0.128. The van der Waals surface area contributed by atoms with Crippen LogP contribution in [-0.2, 0) is 19.1 Å². The molecule has 0 aliphatic carbocycles. The molecular formula is C26H40N4O5. The van der Waals surface area contributed by atoms with E-state index >= 15 is 0 Å². The molecule has 2 atom stereocenters. The first kappa shape index (κ1) is 26.9. The largest absolute Gasteiger partial charge is 0.482 e. The Labute approximate surface area is 208 Å². The summed E-state index contributed by atoms with van der Waals surface area (Å²) < 4.78 is 10.8. The number of ether oxygens (including phenoxy) is 2. The average Bonchev–Trinajstić information content (AvgIpc) is 2.85. The molecule has 2 aliphatic rings. The van der Waals surface area contributed by atoms with Gasteiger partial charge in [-0.05, 0) is 50.3 Å². The Morgan fingerprint density at radius 1 is 1.29 bits per heavy atom. The van der Waals surface area contributed by atoms with Crippen LogP contribution in [0.2, 0.25) is 0 Å². The first-order valence-electron chi connectivity index (χ1n) is 12.7. The maximum absolute atomic E-state index is 13.6. The van der Waals surface area contributed by atoms with E-state index in [1.54, 1.807) is 16.9 Å². The number of hydrogen-bond acceptors (Lipinski definition) is 6. The summed E-state index contributed by atoms with van der Waals surface area (Å²) in [6.07, 6.45) is 2.16. The SMILES string of the molecule is CCN(C(=O)[C@@H]1CNC[C@@H](C(=O)NCCC(C)C)C1)c1ccc2c(c1)N(CCCOC)C(=O)CO2. The van der Waals surface area contributed by atoms with Crippen molar-refractivity contribution >= 4 is 29.1 Å². The fourth-order valence-electron chi connectivity index (χ4n) is 4.61. The average molecular weight is 489 g/mol. The van der Waals surface area contributed by atoms with E-state index in [9.17, 15) is 14.4 Å². The third kappa shape index (κ3) is 6.95. The predicted molar refractivity (Wildman–Crippen MR) is 136 cm³/mol. The highest BCUT2D eigenvalue weighted by Crippen LogP contribution is 2.36. The van der Waals surface area contributed by atoms with Crippen LogP contribution < -0.4 is 25.2 Å². The van der Waals surface area contributed by atoms with Gasteiger partial charge in [-0.25, -0.2) is 0 Å². The second kappa shape index (κ2) is 12.9. The molecule has 2 N–H and O–H groups in total. The first-order chi connectivity index (χ1) is 16.8. The molecule has 3 rings (SSSR count). The zero-order valence-corrected chi connectivity index (χ0v) is 21.5. The summed E-state index contributed by atoms with van der Waals surface area (Å²) in [5, 5.41) is 6.29. The van der Waals surface area contributed by atoms with Gasteiger partial charge in [-0.1, -0.05) is 13.8 Å². The second-order valence-corrected chi connectivity index (χ2v) is 9.68. The van der Waals surface area contributed by atoms with Crippen molar-refractivity contribution in [2.45, 2.75) is 40.0 Å². The number of nitrogens with one attached hydrogen (secondary N) is 2. The van der Waals surface area contributed by atoms with Crippen LogP contribution in [0.4, 0.5) is 11.4 Å². The Morgan fingerprint density at radius 2 is 2.06 bits per heavy atom. The molecule has 1 fully saturated rings. The molecule has 0 unspecified atom stereocenters. The van der Waals surface area contributed by atoms with Crippen molar-refractivity contribution in [1.82, 2.24) is 10.6 Å². The standard InChI is InChI=1S/C26H40N4O5/c1-5-29(26(33)20-13-19(15-27-16-20)25(32)28-10-9-18(2)3)21-7-8-23-22(14-21)30(11-6-12-34-4)24(31)17-35-23/h7-8,14,18-20,27H,5-6,9-13,15-17H2,1-4H3,(H,28,32)/t19-,20-/m0/s1. The number of piperidine rings is 1. The molecule has 0 aromatic heterocycles. The fraction of sp³-hybridized carbons (Fsp3) is 0.654. The van der Waals surface area contributed by atoms with Crippen molar-refractivity contribution in [2.75, 3.05) is 62.8 Å². The highest BCUT2D eigenvalue weighted by atomic mass is 16.5. The van der Waals surface area contributed by atoms with E-state index in [0.717, 1.165) is 12.1 Å². The van der Waals surface area contributed by atoms with Crippen molar-refractivity contribution in [1.29, 1.82) is 0 Å². The lowest BCUT2D eigenvalue weighted by Crippen LogP contribution is -2.49. The molecule has 3 amide bonds. The predicted octanol–water partition coefficient (Wildman–Crippen LogP) is 2.19. The summed E-state index contributed by atoms with van der Waals surface area (Å²) in [5.41, 5.74) is 1.39. The molecule has 9 heteroatoms. The molecule has 0 radical (unpaired) electrons. The Bertz CT molecular complexity index is 890. The molecule has 1 aromatic rings. The van der Waals surface area contributed by atoms with Gasteiger partial charge in [0.15, 0.2) is 6.61 Å². The topological polar surface area (TPSA) is 100 Å². The number of carbonyl (C=O) groups is 3. The third-order valence-electron chi connectivity index (χ3n) is 6.60. The van der Waals surface area contributed by atoms with Crippen molar-refractivity contribution in [3.8, 4) is 5.75 Å². The molecular weight excluding hydrogens is 448 g/mol. The van der Waals surface area contributed by atoms with Gasteiger partial charge in [0.25, 0.3) is 5.91 Å². The molecule has 0 spiro atoms. The number of methoxy groups -OCH3 is 1. The van der Waals surface area contributed by atoms with Crippen molar-refractivity contribution in [3.05, 3.63) is 18.2 Å². The molecule has 1 saturated heterocycles. The van der Waals surface area contributed by atoms with Crippen LogP contribution in [0.25, 0.3) is 0 Å². The number of anilines is 2. The molecule has 194 valence electrons. The number of rotatable bonds is 11. The first-order valence-corrected chi connectivity index (χ1v) is 12.7. The van der Waals surface area contributed by atoms with E-state index in [1.807, 2.05) is 25.1 Å². The molecule has 2 aliphatic heterocycles. The van der Waals surface area contributed by atoms with Gasteiger partial charge in [-0.15, -0.1) is 0 Å². The van der Waals surface area contributed by atoms with Gasteiger partial charge in [0.2, 0.25) is 11.8 Å². The van der Waals surface area contributed by atoms with E-state index in [4.69, 9.17) is 9.47 Å². The maximum Gasteiger partial charge on any atom is 0.265 e. The van der Waals surface area contributed by atoms with Crippen LogP contribution in [-0.4, -0.2) is 70.8 Å². The van der Waals surface area contributed by atoms with E-state index < -0.39 is 0 Å². The monoisotopic (exact) mass is 488 g/mol. The summed E-state index contributed by atoms with van der Waals surface area (Å²) in [5.74, 6) is 0.518. The maximum atomic E-state index is 13.6. The van der Waals surface area contributed by atoms with E-state index in [-0.39, 0.29) is 36.2 Å². The number of fused-ring (bicyclic) bond motifs is 1. The number of amides is 3.